The fourth-order valence-electron chi connectivity index (χ4n) is 2.56. The number of fused-ring (bicyclic) bond motifs is 1. The van der Waals surface area contributed by atoms with Crippen LogP contribution >= 0.6 is 11.3 Å². The maximum atomic E-state index is 5.57. The number of rotatable bonds is 5. The predicted octanol–water partition coefficient (Wildman–Crippen LogP) is 3.75. The zero-order chi connectivity index (χ0) is 15.7. The quantitative estimate of drug-likeness (QED) is 0.778. The minimum atomic E-state index is 0.781. The van der Waals surface area contributed by atoms with Crippen molar-refractivity contribution in [1.82, 2.24) is 9.55 Å². The fraction of sp³-hybridized carbons (Fsp3) is 0.312. The fourth-order valence-corrected chi connectivity index (χ4v) is 3.34. The van der Waals surface area contributed by atoms with Crippen molar-refractivity contribution in [1.29, 1.82) is 0 Å². The van der Waals surface area contributed by atoms with Gasteiger partial charge in [0, 0.05) is 42.9 Å². The molecule has 0 atom stereocenters. The van der Waals surface area contributed by atoms with Crippen LogP contribution in [-0.4, -0.2) is 30.3 Å². The van der Waals surface area contributed by atoms with Gasteiger partial charge in [0.15, 0.2) is 5.13 Å². The molecular formula is C16H19N3O2S. The summed E-state index contributed by atoms with van der Waals surface area (Å²) in [6.07, 6.45) is 2.08. The molecule has 0 amide bonds. The van der Waals surface area contributed by atoms with Crippen LogP contribution in [0.25, 0.3) is 22.2 Å². The van der Waals surface area contributed by atoms with Gasteiger partial charge in [-0.1, -0.05) is 0 Å². The number of hydrogen-bond donors (Lipinski definition) is 1. The number of anilines is 1. The summed E-state index contributed by atoms with van der Waals surface area (Å²) < 4.78 is 13.0. The molecule has 0 aliphatic heterocycles. The Morgan fingerprint density at radius 1 is 1.27 bits per heavy atom. The van der Waals surface area contributed by atoms with E-state index >= 15 is 0 Å². The Hall–Kier alpha value is -2.21. The number of hydrogen-bond acceptors (Lipinski definition) is 5. The first-order valence-electron chi connectivity index (χ1n) is 7.08. The molecule has 0 aliphatic carbocycles. The molecule has 2 aromatic heterocycles. The minimum Gasteiger partial charge on any atom is -0.497 e. The van der Waals surface area contributed by atoms with Gasteiger partial charge in [-0.2, -0.15) is 0 Å². The van der Waals surface area contributed by atoms with Gasteiger partial charge in [-0.05, 0) is 6.92 Å². The minimum absolute atomic E-state index is 0.781. The van der Waals surface area contributed by atoms with Crippen LogP contribution in [-0.2, 0) is 7.05 Å². The van der Waals surface area contributed by atoms with Crippen molar-refractivity contribution in [2.75, 3.05) is 26.1 Å². The molecule has 0 spiro atoms. The molecule has 0 saturated carbocycles. The van der Waals surface area contributed by atoms with Gasteiger partial charge in [0.1, 0.15) is 11.5 Å². The van der Waals surface area contributed by atoms with Crippen molar-refractivity contribution in [3.8, 4) is 22.8 Å². The maximum absolute atomic E-state index is 5.57. The lowest BCUT2D eigenvalue weighted by atomic mass is 10.1. The van der Waals surface area contributed by atoms with Crippen LogP contribution < -0.4 is 14.8 Å². The lowest BCUT2D eigenvalue weighted by molar-refractivity contribution is 0.398. The lowest BCUT2D eigenvalue weighted by Gasteiger charge is -2.07. The molecule has 3 rings (SSSR count). The largest absolute Gasteiger partial charge is 0.497 e. The Bertz CT molecular complexity index is 807. The molecule has 6 heteroatoms. The highest BCUT2D eigenvalue weighted by atomic mass is 32.1. The van der Waals surface area contributed by atoms with E-state index in [9.17, 15) is 0 Å². The maximum Gasteiger partial charge on any atom is 0.183 e. The van der Waals surface area contributed by atoms with Crippen molar-refractivity contribution in [2.45, 2.75) is 6.92 Å². The third-order valence-corrected chi connectivity index (χ3v) is 4.39. The van der Waals surface area contributed by atoms with E-state index in [1.807, 2.05) is 19.2 Å². The number of aryl methyl sites for hydroxylation is 1. The summed E-state index contributed by atoms with van der Waals surface area (Å²) in [5.74, 6) is 1.58. The molecule has 1 aromatic carbocycles. The first-order chi connectivity index (χ1) is 10.7. The molecule has 2 heterocycles. The second-order valence-corrected chi connectivity index (χ2v) is 5.80. The Morgan fingerprint density at radius 3 is 2.77 bits per heavy atom. The average molecular weight is 317 g/mol. The Kier molecular flexibility index (Phi) is 3.94. The van der Waals surface area contributed by atoms with Crippen molar-refractivity contribution in [3.63, 3.8) is 0 Å². The molecular weight excluding hydrogens is 298 g/mol. The second-order valence-electron chi connectivity index (χ2n) is 4.95. The first kappa shape index (κ1) is 14.7. The predicted molar refractivity (Wildman–Crippen MR) is 91.3 cm³/mol. The SMILES string of the molecule is CCNc1nc(-c2cn(C)c3cc(OC)cc(OC)c23)cs1. The third kappa shape index (κ3) is 2.39. The van der Waals surface area contributed by atoms with E-state index in [2.05, 4.69) is 33.4 Å². The van der Waals surface area contributed by atoms with Gasteiger partial charge in [-0.25, -0.2) is 4.98 Å². The monoisotopic (exact) mass is 317 g/mol. The topological polar surface area (TPSA) is 48.3 Å². The molecule has 0 bridgehead atoms. The lowest BCUT2D eigenvalue weighted by Crippen LogP contribution is -1.95. The summed E-state index contributed by atoms with van der Waals surface area (Å²) >= 11 is 1.61. The molecule has 3 aromatic rings. The summed E-state index contributed by atoms with van der Waals surface area (Å²) in [6, 6.07) is 3.92. The van der Waals surface area contributed by atoms with Crippen molar-refractivity contribution >= 4 is 27.4 Å². The third-order valence-electron chi connectivity index (χ3n) is 3.59. The number of nitrogens with one attached hydrogen (secondary N) is 1. The average Bonchev–Trinajstić information content (AvgIpc) is 3.12. The number of ether oxygens (including phenoxy) is 2. The highest BCUT2D eigenvalue weighted by Gasteiger charge is 2.17. The Balaban J connectivity index is 2.21. The second kappa shape index (κ2) is 5.88. The number of methoxy groups -OCH3 is 2. The van der Waals surface area contributed by atoms with Gasteiger partial charge in [0.25, 0.3) is 0 Å². The van der Waals surface area contributed by atoms with Crippen LogP contribution in [0.1, 0.15) is 6.92 Å². The van der Waals surface area contributed by atoms with Gasteiger partial charge >= 0.3 is 0 Å². The number of thiazole rings is 1. The standard InChI is InChI=1S/C16H19N3O2S/c1-5-17-16-18-12(9-22-16)11-8-19(2)13-6-10(20-3)7-14(21-4)15(11)13/h6-9H,5H2,1-4H3,(H,17,18). The summed E-state index contributed by atoms with van der Waals surface area (Å²) in [4.78, 5) is 4.66. The molecule has 116 valence electrons. The van der Waals surface area contributed by atoms with Crippen LogP contribution in [0, 0.1) is 0 Å². The van der Waals surface area contributed by atoms with E-state index < -0.39 is 0 Å². The molecule has 5 nitrogen and oxygen atoms in total. The van der Waals surface area contributed by atoms with E-state index in [1.165, 1.54) is 0 Å². The highest BCUT2D eigenvalue weighted by molar-refractivity contribution is 7.14. The summed E-state index contributed by atoms with van der Waals surface area (Å²) in [6.45, 7) is 2.93. The zero-order valence-electron chi connectivity index (χ0n) is 13.1. The van der Waals surface area contributed by atoms with Crippen LogP contribution in [0.5, 0.6) is 11.5 Å². The molecule has 0 unspecified atom stereocenters. The summed E-state index contributed by atoms with van der Waals surface area (Å²) in [5.41, 5.74) is 3.08. The smallest absolute Gasteiger partial charge is 0.183 e. The normalized spacial score (nSPS) is 10.9. The summed E-state index contributed by atoms with van der Waals surface area (Å²) in [7, 11) is 5.35. The van der Waals surface area contributed by atoms with Crippen LogP contribution in [0.2, 0.25) is 0 Å². The molecule has 0 fully saturated rings. The molecule has 0 saturated heterocycles. The van der Waals surface area contributed by atoms with E-state index in [-0.39, 0.29) is 0 Å². The van der Waals surface area contributed by atoms with Gasteiger partial charge < -0.3 is 19.4 Å². The van der Waals surface area contributed by atoms with Crippen molar-refractivity contribution in [2.24, 2.45) is 7.05 Å². The van der Waals surface area contributed by atoms with Gasteiger partial charge in [-0.3, -0.25) is 0 Å². The Labute approximate surface area is 133 Å². The van der Waals surface area contributed by atoms with Crippen molar-refractivity contribution < 1.29 is 9.47 Å². The van der Waals surface area contributed by atoms with Crippen LogP contribution in [0.4, 0.5) is 5.13 Å². The molecule has 0 aliphatic rings. The summed E-state index contributed by atoms with van der Waals surface area (Å²) in [5, 5.41) is 7.30. The van der Waals surface area contributed by atoms with Crippen LogP contribution in [0.15, 0.2) is 23.7 Å². The zero-order valence-corrected chi connectivity index (χ0v) is 14.0. The molecule has 22 heavy (non-hydrogen) atoms. The first-order valence-corrected chi connectivity index (χ1v) is 7.96. The van der Waals surface area contributed by atoms with Gasteiger partial charge in [0.2, 0.25) is 0 Å². The van der Waals surface area contributed by atoms with Crippen LogP contribution in [0.3, 0.4) is 0 Å². The molecule has 1 N–H and O–H groups in total. The number of benzene rings is 1. The van der Waals surface area contributed by atoms with E-state index in [0.717, 1.165) is 45.3 Å². The van der Waals surface area contributed by atoms with Gasteiger partial charge in [-0.15, -0.1) is 11.3 Å². The molecule has 0 radical (unpaired) electrons. The van der Waals surface area contributed by atoms with E-state index in [4.69, 9.17) is 9.47 Å². The number of aromatic nitrogens is 2. The van der Waals surface area contributed by atoms with Gasteiger partial charge in [0.05, 0.1) is 30.8 Å². The highest BCUT2D eigenvalue weighted by Crippen LogP contribution is 2.40. The van der Waals surface area contributed by atoms with E-state index in [0.29, 0.717) is 0 Å². The number of nitrogens with zero attached hydrogens (tertiary/aromatic N) is 2. The van der Waals surface area contributed by atoms with Crippen molar-refractivity contribution in [3.05, 3.63) is 23.7 Å². The Morgan fingerprint density at radius 2 is 2.09 bits per heavy atom. The van der Waals surface area contributed by atoms with E-state index in [1.54, 1.807) is 25.6 Å².